The van der Waals surface area contributed by atoms with Gasteiger partial charge in [-0.15, -0.1) is 0 Å². The van der Waals surface area contributed by atoms with Crippen LogP contribution in [0.5, 0.6) is 0 Å². The number of aromatic nitrogens is 3. The van der Waals surface area contributed by atoms with Crippen molar-refractivity contribution in [3.05, 3.63) is 70.2 Å². The lowest BCUT2D eigenvalue weighted by molar-refractivity contribution is 0.244. The molecule has 1 heterocycles. The quantitative estimate of drug-likeness (QED) is 0.708. The Morgan fingerprint density at radius 3 is 2.67 bits per heavy atom. The second-order valence-corrected chi connectivity index (χ2v) is 6.30. The van der Waals surface area contributed by atoms with Gasteiger partial charge in [0.15, 0.2) is 5.82 Å². The summed E-state index contributed by atoms with van der Waals surface area (Å²) in [5.41, 5.74) is 3.12. The Morgan fingerprint density at radius 2 is 1.96 bits per heavy atom. The molecule has 0 bridgehead atoms. The number of nitrogens with zero attached hydrogens (tertiary/aromatic N) is 3. The molecule has 0 atom stereocenters. The van der Waals surface area contributed by atoms with E-state index in [0.29, 0.717) is 18.0 Å². The van der Waals surface area contributed by atoms with E-state index < -0.39 is 0 Å². The third kappa shape index (κ3) is 3.96. The Bertz CT molecular complexity index is 883. The molecule has 2 aromatic carbocycles. The van der Waals surface area contributed by atoms with E-state index in [9.17, 15) is 4.39 Å². The van der Waals surface area contributed by atoms with Gasteiger partial charge in [0.05, 0.1) is 6.67 Å². The molecule has 1 N–H and O–H groups in total. The van der Waals surface area contributed by atoms with Crippen molar-refractivity contribution in [2.24, 2.45) is 0 Å². The molecule has 4 nitrogen and oxygen atoms in total. The predicted octanol–water partition coefficient (Wildman–Crippen LogP) is 4.14. The summed E-state index contributed by atoms with van der Waals surface area (Å²) < 4.78 is 15.6. The monoisotopic (exact) mass is 342 g/mol. The first-order valence-electron chi connectivity index (χ1n) is 7.68. The molecule has 0 aliphatic rings. The van der Waals surface area contributed by atoms with Crippen LogP contribution in [0.15, 0.2) is 48.5 Å². The molecule has 0 aliphatic heterocycles. The predicted molar refractivity (Wildman–Crippen MR) is 95.5 cm³/mol. The van der Waals surface area contributed by atoms with Crippen molar-refractivity contribution in [2.45, 2.75) is 20.1 Å². The molecule has 0 aliphatic carbocycles. The summed E-state index contributed by atoms with van der Waals surface area (Å²) in [4.78, 5) is 6.46. The van der Waals surface area contributed by atoms with E-state index in [1.54, 1.807) is 12.1 Å². The van der Waals surface area contributed by atoms with Gasteiger partial charge in [0.2, 0.25) is 4.77 Å². The maximum Gasteiger partial charge on any atom is 0.217 e. The number of rotatable bonds is 5. The summed E-state index contributed by atoms with van der Waals surface area (Å²) in [6.07, 6.45) is 0. The van der Waals surface area contributed by atoms with Crippen LogP contribution < -0.4 is 0 Å². The summed E-state index contributed by atoms with van der Waals surface area (Å²) in [5, 5.41) is 3.23. The SMILES string of the molecule is Cc1ccc(-c2nc(=S)n(CN(C)Cc3cccc(F)c3)[nH]2)cc1. The Morgan fingerprint density at radius 1 is 1.21 bits per heavy atom. The smallest absolute Gasteiger partial charge is 0.217 e. The lowest BCUT2D eigenvalue weighted by Crippen LogP contribution is -2.22. The van der Waals surface area contributed by atoms with E-state index in [4.69, 9.17) is 12.2 Å². The Labute approximate surface area is 145 Å². The van der Waals surface area contributed by atoms with Gasteiger partial charge in [0.25, 0.3) is 0 Å². The van der Waals surface area contributed by atoms with Crippen molar-refractivity contribution < 1.29 is 4.39 Å². The molecule has 0 unspecified atom stereocenters. The lowest BCUT2D eigenvalue weighted by atomic mass is 10.1. The van der Waals surface area contributed by atoms with Crippen molar-refractivity contribution in [2.75, 3.05) is 7.05 Å². The molecule has 24 heavy (non-hydrogen) atoms. The highest BCUT2D eigenvalue weighted by Gasteiger charge is 2.08. The van der Waals surface area contributed by atoms with Crippen LogP contribution in [0, 0.1) is 17.5 Å². The van der Waals surface area contributed by atoms with Crippen molar-refractivity contribution in [1.29, 1.82) is 0 Å². The van der Waals surface area contributed by atoms with Gasteiger partial charge in [-0.1, -0.05) is 42.0 Å². The van der Waals surface area contributed by atoms with Crippen LogP contribution in [0.25, 0.3) is 11.4 Å². The third-order valence-electron chi connectivity index (χ3n) is 3.73. The number of nitrogens with one attached hydrogen (secondary N) is 1. The minimum Gasteiger partial charge on any atom is -0.283 e. The van der Waals surface area contributed by atoms with Crippen LogP contribution in [0.1, 0.15) is 11.1 Å². The molecule has 3 rings (SSSR count). The fourth-order valence-electron chi connectivity index (χ4n) is 2.53. The standard InChI is InChI=1S/C18H19FN4S/c1-13-6-8-15(9-7-13)17-20-18(24)23(21-17)12-22(2)11-14-4-3-5-16(19)10-14/h3-10H,11-12H2,1-2H3,(H,20,21,24). The molecule has 0 radical (unpaired) electrons. The highest BCUT2D eigenvalue weighted by Crippen LogP contribution is 2.16. The highest BCUT2D eigenvalue weighted by molar-refractivity contribution is 7.71. The highest BCUT2D eigenvalue weighted by atomic mass is 32.1. The number of hydrogen-bond donors (Lipinski definition) is 1. The van der Waals surface area contributed by atoms with Crippen LogP contribution in [-0.2, 0) is 13.2 Å². The molecular formula is C18H19FN4S. The zero-order valence-electron chi connectivity index (χ0n) is 13.7. The van der Waals surface area contributed by atoms with Gasteiger partial charge in [-0.25, -0.2) is 9.07 Å². The van der Waals surface area contributed by atoms with E-state index in [0.717, 1.165) is 17.0 Å². The normalized spacial score (nSPS) is 11.2. The fraction of sp³-hybridized carbons (Fsp3) is 0.222. The molecule has 3 aromatic rings. The number of benzene rings is 2. The van der Waals surface area contributed by atoms with E-state index in [1.165, 1.54) is 11.6 Å². The molecule has 0 fully saturated rings. The number of aryl methyl sites for hydroxylation is 1. The summed E-state index contributed by atoms with van der Waals surface area (Å²) in [6.45, 7) is 3.22. The largest absolute Gasteiger partial charge is 0.283 e. The third-order valence-corrected chi connectivity index (χ3v) is 4.04. The molecule has 0 spiro atoms. The summed E-state index contributed by atoms with van der Waals surface area (Å²) in [6, 6.07) is 14.7. The molecule has 1 aromatic heterocycles. The molecule has 124 valence electrons. The molecule has 0 saturated carbocycles. The van der Waals surface area contributed by atoms with E-state index in [-0.39, 0.29) is 5.82 Å². The van der Waals surface area contributed by atoms with Gasteiger partial charge in [-0.3, -0.25) is 10.00 Å². The van der Waals surface area contributed by atoms with Gasteiger partial charge in [-0.2, -0.15) is 4.98 Å². The van der Waals surface area contributed by atoms with Crippen LogP contribution in [0.4, 0.5) is 4.39 Å². The van der Waals surface area contributed by atoms with E-state index in [1.807, 2.05) is 53.9 Å². The number of halogens is 1. The van der Waals surface area contributed by atoms with Gasteiger partial charge in [-0.05, 0) is 43.9 Å². The minimum atomic E-state index is -0.222. The second kappa shape index (κ2) is 7.07. The van der Waals surface area contributed by atoms with Gasteiger partial charge < -0.3 is 0 Å². The van der Waals surface area contributed by atoms with Gasteiger partial charge >= 0.3 is 0 Å². The van der Waals surface area contributed by atoms with Crippen molar-refractivity contribution in [3.8, 4) is 11.4 Å². The summed E-state index contributed by atoms with van der Waals surface area (Å²) in [7, 11) is 1.96. The minimum absolute atomic E-state index is 0.222. The molecule has 0 amide bonds. The zero-order valence-corrected chi connectivity index (χ0v) is 14.5. The Kier molecular flexibility index (Phi) is 4.87. The topological polar surface area (TPSA) is 36.9 Å². The average molecular weight is 342 g/mol. The Balaban J connectivity index is 1.73. The number of H-pyrrole nitrogens is 1. The zero-order chi connectivity index (χ0) is 17.1. The number of aromatic amines is 1. The summed E-state index contributed by atoms with van der Waals surface area (Å²) in [5.74, 6) is 0.528. The van der Waals surface area contributed by atoms with Crippen molar-refractivity contribution >= 4 is 12.2 Å². The first-order chi connectivity index (χ1) is 11.5. The lowest BCUT2D eigenvalue weighted by Gasteiger charge is -2.17. The van der Waals surface area contributed by atoms with Crippen LogP contribution in [0.3, 0.4) is 0 Å². The first-order valence-corrected chi connectivity index (χ1v) is 8.09. The second-order valence-electron chi connectivity index (χ2n) is 5.93. The average Bonchev–Trinajstić information content (AvgIpc) is 2.89. The van der Waals surface area contributed by atoms with Crippen LogP contribution in [0.2, 0.25) is 0 Å². The maximum atomic E-state index is 13.3. The molecule has 6 heteroatoms. The van der Waals surface area contributed by atoms with Gasteiger partial charge in [0.1, 0.15) is 5.82 Å². The Hall–Kier alpha value is -2.31. The maximum absolute atomic E-state index is 13.3. The summed E-state index contributed by atoms with van der Waals surface area (Å²) >= 11 is 5.34. The van der Waals surface area contributed by atoms with E-state index >= 15 is 0 Å². The molecule has 0 saturated heterocycles. The van der Waals surface area contributed by atoms with Crippen LogP contribution in [-0.4, -0.2) is 26.7 Å². The first kappa shape index (κ1) is 16.5. The number of hydrogen-bond acceptors (Lipinski definition) is 3. The molecular weight excluding hydrogens is 323 g/mol. The van der Waals surface area contributed by atoms with Crippen LogP contribution >= 0.6 is 12.2 Å². The van der Waals surface area contributed by atoms with E-state index in [2.05, 4.69) is 10.1 Å². The fourth-order valence-corrected chi connectivity index (χ4v) is 2.73. The van der Waals surface area contributed by atoms with Crippen molar-refractivity contribution in [1.82, 2.24) is 19.7 Å². The van der Waals surface area contributed by atoms with Gasteiger partial charge in [0, 0.05) is 12.1 Å². The van der Waals surface area contributed by atoms with Crippen molar-refractivity contribution in [3.63, 3.8) is 0 Å².